The molecule has 0 unspecified atom stereocenters. The highest BCUT2D eigenvalue weighted by molar-refractivity contribution is 8.18. The number of ether oxygens (including phenoxy) is 2. The summed E-state index contributed by atoms with van der Waals surface area (Å²) in [5.74, 6) is 0.868. The third kappa shape index (κ3) is 4.89. The summed E-state index contributed by atoms with van der Waals surface area (Å²) in [5.41, 5.74) is 3.19. The largest absolute Gasteiger partial charge is 0.493 e. The van der Waals surface area contributed by atoms with Crippen LogP contribution in [0.2, 0.25) is 0 Å². The molecule has 4 aromatic carbocycles. The van der Waals surface area contributed by atoms with Gasteiger partial charge in [-0.25, -0.2) is 0 Å². The number of nitrogens with zero attached hydrogens (tertiary/aromatic N) is 2. The fourth-order valence-corrected chi connectivity index (χ4v) is 5.81. The summed E-state index contributed by atoms with van der Waals surface area (Å²) in [4.78, 5) is 27.6. The number of carbonyl (C=O) groups excluding carboxylic acids is 2. The van der Waals surface area contributed by atoms with Gasteiger partial charge in [-0.05, 0) is 52.4 Å². The maximum atomic E-state index is 13.2. The van der Waals surface area contributed by atoms with E-state index in [1.54, 1.807) is 19.2 Å². The molecule has 0 N–H and O–H groups in total. The number of aromatic nitrogens is 1. The number of methoxy groups -OCH3 is 1. The van der Waals surface area contributed by atoms with E-state index >= 15 is 0 Å². The minimum absolute atomic E-state index is 0.156. The van der Waals surface area contributed by atoms with E-state index < -0.39 is 0 Å². The van der Waals surface area contributed by atoms with Crippen molar-refractivity contribution in [3.05, 3.63) is 113 Å². The number of benzene rings is 4. The summed E-state index contributed by atoms with van der Waals surface area (Å²) in [6.45, 7) is 1.02. The molecular weight excluding hydrogens is 508 g/mol. The molecule has 2 amide bonds. The van der Waals surface area contributed by atoms with Crippen LogP contribution >= 0.6 is 11.8 Å². The number of rotatable bonds is 8. The summed E-state index contributed by atoms with van der Waals surface area (Å²) >= 11 is 0.963. The van der Waals surface area contributed by atoms with Crippen molar-refractivity contribution < 1.29 is 19.1 Å². The van der Waals surface area contributed by atoms with E-state index in [-0.39, 0.29) is 24.3 Å². The van der Waals surface area contributed by atoms with Crippen molar-refractivity contribution in [2.24, 2.45) is 0 Å². The van der Waals surface area contributed by atoms with Gasteiger partial charge in [0.1, 0.15) is 6.61 Å². The summed E-state index contributed by atoms with van der Waals surface area (Å²) < 4.78 is 13.3. The number of thioether (sulfide) groups is 1. The lowest BCUT2D eigenvalue weighted by Crippen LogP contribution is -2.32. The molecule has 194 valence electrons. The summed E-state index contributed by atoms with van der Waals surface area (Å²) in [7, 11) is 1.57. The Morgan fingerprint density at radius 3 is 2.38 bits per heavy atom. The quantitative estimate of drug-likeness (QED) is 0.201. The molecule has 0 bridgehead atoms. The van der Waals surface area contributed by atoms with Gasteiger partial charge in [-0.1, -0.05) is 72.8 Å². The van der Waals surface area contributed by atoms with Crippen molar-refractivity contribution >= 4 is 50.7 Å². The number of amides is 2. The highest BCUT2D eigenvalue weighted by atomic mass is 32.2. The van der Waals surface area contributed by atoms with Gasteiger partial charge >= 0.3 is 0 Å². The fourth-order valence-electron chi connectivity index (χ4n) is 4.95. The van der Waals surface area contributed by atoms with Crippen molar-refractivity contribution in [1.82, 2.24) is 9.47 Å². The number of hydrogen-bond donors (Lipinski definition) is 0. The van der Waals surface area contributed by atoms with Gasteiger partial charge in [-0.2, -0.15) is 0 Å². The highest BCUT2D eigenvalue weighted by Crippen LogP contribution is 2.35. The molecule has 1 aromatic heterocycles. The van der Waals surface area contributed by atoms with E-state index in [0.29, 0.717) is 22.9 Å². The van der Waals surface area contributed by atoms with Gasteiger partial charge in [0.15, 0.2) is 11.5 Å². The Labute approximate surface area is 230 Å². The topological polar surface area (TPSA) is 60.8 Å². The van der Waals surface area contributed by atoms with Gasteiger partial charge in [0, 0.05) is 29.2 Å². The van der Waals surface area contributed by atoms with E-state index in [0.717, 1.165) is 28.2 Å². The second-order valence-corrected chi connectivity index (χ2v) is 10.2. The van der Waals surface area contributed by atoms with Crippen molar-refractivity contribution in [3.63, 3.8) is 0 Å². The highest BCUT2D eigenvalue weighted by Gasteiger charge is 2.35. The Morgan fingerprint density at radius 2 is 1.54 bits per heavy atom. The van der Waals surface area contributed by atoms with Crippen molar-refractivity contribution in [2.75, 3.05) is 20.3 Å². The van der Waals surface area contributed by atoms with Crippen molar-refractivity contribution in [2.45, 2.75) is 6.54 Å². The van der Waals surface area contributed by atoms with Gasteiger partial charge in [-0.15, -0.1) is 0 Å². The van der Waals surface area contributed by atoms with E-state index in [1.807, 2.05) is 42.5 Å². The molecule has 1 saturated heterocycles. The van der Waals surface area contributed by atoms with Crippen molar-refractivity contribution in [1.29, 1.82) is 0 Å². The Bertz CT molecular complexity index is 1730. The monoisotopic (exact) mass is 534 g/mol. The SMILES string of the molecule is COc1ccccc1OCCN1C(=O)S/C(=C\c2cn(Cc3cccc4ccccc34)c3ccccc23)C1=O. The lowest BCUT2D eigenvalue weighted by atomic mass is 10.0. The number of carbonyl (C=O) groups is 2. The van der Waals surface area contributed by atoms with Crippen LogP contribution in [0, 0.1) is 0 Å². The molecule has 1 aliphatic heterocycles. The first-order valence-corrected chi connectivity index (χ1v) is 13.5. The minimum atomic E-state index is -0.306. The lowest BCUT2D eigenvalue weighted by molar-refractivity contribution is -0.123. The molecule has 39 heavy (non-hydrogen) atoms. The first-order chi connectivity index (χ1) is 19.1. The first-order valence-electron chi connectivity index (χ1n) is 12.7. The fraction of sp³-hybridized carbons (Fsp3) is 0.125. The van der Waals surface area contributed by atoms with Gasteiger partial charge < -0.3 is 14.0 Å². The molecule has 2 heterocycles. The van der Waals surface area contributed by atoms with Crippen LogP contribution in [0.3, 0.4) is 0 Å². The molecular formula is C32H26N2O4S. The summed E-state index contributed by atoms with van der Waals surface area (Å²) in [5, 5.41) is 3.16. The van der Waals surface area contributed by atoms with Crippen LogP contribution in [-0.2, 0) is 11.3 Å². The zero-order valence-corrected chi connectivity index (χ0v) is 22.2. The Morgan fingerprint density at radius 1 is 0.821 bits per heavy atom. The molecule has 6 nitrogen and oxygen atoms in total. The molecule has 0 aliphatic carbocycles. The third-order valence-corrected chi connectivity index (χ3v) is 7.75. The molecule has 0 atom stereocenters. The predicted molar refractivity (Wildman–Crippen MR) is 156 cm³/mol. The van der Waals surface area contributed by atoms with E-state index in [9.17, 15) is 9.59 Å². The summed E-state index contributed by atoms with van der Waals surface area (Å²) in [6.07, 6.45) is 3.89. The van der Waals surface area contributed by atoms with E-state index in [2.05, 4.69) is 53.2 Å². The Kier molecular flexibility index (Phi) is 6.82. The number of imide groups is 1. The number of para-hydroxylation sites is 3. The molecule has 1 fully saturated rings. The molecule has 0 radical (unpaired) electrons. The predicted octanol–water partition coefficient (Wildman–Crippen LogP) is 6.97. The number of hydrogen-bond acceptors (Lipinski definition) is 5. The maximum Gasteiger partial charge on any atom is 0.293 e. The normalized spacial score (nSPS) is 14.6. The second-order valence-electron chi connectivity index (χ2n) is 9.20. The van der Waals surface area contributed by atoms with E-state index in [1.165, 1.54) is 21.2 Å². The van der Waals surface area contributed by atoms with Crippen LogP contribution in [0.5, 0.6) is 11.5 Å². The molecule has 7 heteroatoms. The average molecular weight is 535 g/mol. The standard InChI is InChI=1S/C32H26N2O4S/c1-37-28-15-6-7-16-29(28)38-18-17-34-31(35)30(39-32(34)36)19-24-21-33(27-14-5-4-13-26(24)27)20-23-11-8-10-22-9-2-3-12-25(22)23/h2-16,19,21H,17-18,20H2,1H3/b30-19-. The molecule has 6 rings (SSSR count). The summed E-state index contributed by atoms with van der Waals surface area (Å²) in [6, 6.07) is 30.1. The zero-order chi connectivity index (χ0) is 26.8. The Hall–Kier alpha value is -4.49. The Balaban J connectivity index is 1.24. The van der Waals surface area contributed by atoms with Crippen LogP contribution < -0.4 is 9.47 Å². The molecule has 5 aromatic rings. The van der Waals surface area contributed by atoms with Crippen LogP contribution in [0.4, 0.5) is 4.79 Å². The first kappa shape index (κ1) is 24.8. The second kappa shape index (κ2) is 10.7. The van der Waals surface area contributed by atoms with Crippen LogP contribution in [-0.4, -0.2) is 40.9 Å². The average Bonchev–Trinajstić information content (AvgIpc) is 3.45. The minimum Gasteiger partial charge on any atom is -0.493 e. The van der Waals surface area contributed by atoms with Gasteiger partial charge in [-0.3, -0.25) is 14.5 Å². The molecule has 0 saturated carbocycles. The van der Waals surface area contributed by atoms with E-state index in [4.69, 9.17) is 9.47 Å². The van der Waals surface area contributed by atoms with Crippen LogP contribution in [0.1, 0.15) is 11.1 Å². The molecule has 1 aliphatic rings. The molecule has 0 spiro atoms. The number of fused-ring (bicyclic) bond motifs is 2. The van der Waals surface area contributed by atoms with Crippen LogP contribution in [0.25, 0.3) is 27.8 Å². The van der Waals surface area contributed by atoms with Gasteiger partial charge in [0.05, 0.1) is 18.6 Å². The smallest absolute Gasteiger partial charge is 0.293 e. The third-order valence-electron chi connectivity index (χ3n) is 6.84. The van der Waals surface area contributed by atoms with Crippen molar-refractivity contribution in [3.8, 4) is 11.5 Å². The lowest BCUT2D eigenvalue weighted by Gasteiger charge is -2.14. The zero-order valence-electron chi connectivity index (χ0n) is 21.4. The maximum absolute atomic E-state index is 13.2. The van der Waals surface area contributed by atoms with Crippen LogP contribution in [0.15, 0.2) is 102 Å². The van der Waals surface area contributed by atoms with Gasteiger partial charge in [0.25, 0.3) is 11.1 Å². The van der Waals surface area contributed by atoms with Gasteiger partial charge in [0.2, 0.25) is 0 Å².